The van der Waals surface area contributed by atoms with Crippen molar-refractivity contribution in [1.82, 2.24) is 5.01 Å². The van der Waals surface area contributed by atoms with Gasteiger partial charge in [-0.05, 0) is 32.0 Å². The topological polar surface area (TPSA) is 43.3 Å². The van der Waals surface area contributed by atoms with Crippen molar-refractivity contribution < 1.29 is 14.2 Å². The molecule has 5 rings (SSSR count). The SMILES string of the molecule is COc1cccc(C2=NN3[C@@H](C2)c2ccccc2O[C@@]32CCOC(C)(C)C2)c1. The second-order valence-corrected chi connectivity index (χ2v) is 8.46. The lowest BCUT2D eigenvalue weighted by molar-refractivity contribution is -0.212. The number of rotatable bonds is 2. The maximum absolute atomic E-state index is 6.65. The van der Waals surface area contributed by atoms with E-state index in [0.29, 0.717) is 6.61 Å². The van der Waals surface area contributed by atoms with Gasteiger partial charge in [0.05, 0.1) is 31.1 Å². The lowest BCUT2D eigenvalue weighted by Crippen LogP contribution is -2.60. The van der Waals surface area contributed by atoms with Crippen molar-refractivity contribution in [1.29, 1.82) is 0 Å². The van der Waals surface area contributed by atoms with Crippen LogP contribution in [0.1, 0.15) is 50.3 Å². The summed E-state index contributed by atoms with van der Waals surface area (Å²) in [6.07, 6.45) is 2.44. The molecule has 0 amide bonds. The maximum Gasteiger partial charge on any atom is 0.203 e. The van der Waals surface area contributed by atoms with Gasteiger partial charge in [-0.3, -0.25) is 0 Å². The van der Waals surface area contributed by atoms with Crippen molar-refractivity contribution in [2.75, 3.05) is 13.7 Å². The molecule has 2 aromatic carbocycles. The first-order valence-corrected chi connectivity index (χ1v) is 9.93. The van der Waals surface area contributed by atoms with E-state index in [1.54, 1.807) is 7.11 Å². The van der Waals surface area contributed by atoms with Crippen LogP contribution in [-0.4, -0.2) is 35.8 Å². The Labute approximate surface area is 165 Å². The molecule has 5 nitrogen and oxygen atoms in total. The molecule has 1 saturated heterocycles. The third-order valence-corrected chi connectivity index (χ3v) is 6.00. The predicted molar refractivity (Wildman–Crippen MR) is 108 cm³/mol. The zero-order valence-electron chi connectivity index (χ0n) is 16.6. The number of ether oxygens (including phenoxy) is 3. The van der Waals surface area contributed by atoms with Gasteiger partial charge in [0.1, 0.15) is 11.5 Å². The zero-order chi connectivity index (χ0) is 19.4. The number of hydrogen-bond acceptors (Lipinski definition) is 5. The molecule has 1 fully saturated rings. The molecule has 0 aromatic heterocycles. The fourth-order valence-corrected chi connectivity index (χ4v) is 4.78. The molecule has 0 unspecified atom stereocenters. The van der Waals surface area contributed by atoms with Gasteiger partial charge in [0.2, 0.25) is 5.72 Å². The highest BCUT2D eigenvalue weighted by Gasteiger charge is 2.54. The standard InChI is InChI=1S/C23H26N2O3/c1-22(2)15-23(11-12-27-22)25-20(18-9-4-5-10-21(18)28-23)14-19(24-25)16-7-6-8-17(13-16)26-3/h4-10,13,20H,11-12,14-15H2,1-3H3/t20-,23+/m0/s1. The highest BCUT2D eigenvalue weighted by atomic mass is 16.5. The number of benzene rings is 2. The van der Waals surface area contributed by atoms with Gasteiger partial charge in [0.15, 0.2) is 0 Å². The van der Waals surface area contributed by atoms with Crippen molar-refractivity contribution in [3.05, 3.63) is 59.7 Å². The summed E-state index contributed by atoms with van der Waals surface area (Å²) < 4.78 is 18.1. The maximum atomic E-state index is 6.65. The second kappa shape index (κ2) is 6.24. The average Bonchev–Trinajstić information content (AvgIpc) is 3.14. The number of fused-ring (bicyclic) bond motifs is 4. The van der Waals surface area contributed by atoms with Gasteiger partial charge in [-0.1, -0.05) is 30.3 Å². The third kappa shape index (κ3) is 2.76. The molecule has 146 valence electrons. The first kappa shape index (κ1) is 17.6. The first-order valence-electron chi connectivity index (χ1n) is 9.93. The fourth-order valence-electron chi connectivity index (χ4n) is 4.78. The third-order valence-electron chi connectivity index (χ3n) is 6.00. The monoisotopic (exact) mass is 378 g/mol. The quantitative estimate of drug-likeness (QED) is 0.770. The van der Waals surface area contributed by atoms with Gasteiger partial charge in [-0.25, -0.2) is 5.01 Å². The summed E-state index contributed by atoms with van der Waals surface area (Å²) >= 11 is 0. The number of hydrogen-bond donors (Lipinski definition) is 0. The smallest absolute Gasteiger partial charge is 0.203 e. The molecule has 0 radical (unpaired) electrons. The molecule has 3 aliphatic rings. The molecule has 2 atom stereocenters. The van der Waals surface area contributed by atoms with Gasteiger partial charge in [0.25, 0.3) is 0 Å². The Hall–Kier alpha value is -2.53. The van der Waals surface area contributed by atoms with Crippen LogP contribution < -0.4 is 9.47 Å². The van der Waals surface area contributed by atoms with E-state index in [0.717, 1.165) is 42.0 Å². The molecule has 0 N–H and O–H groups in total. The van der Waals surface area contributed by atoms with E-state index in [-0.39, 0.29) is 11.6 Å². The van der Waals surface area contributed by atoms with Crippen molar-refractivity contribution in [3.63, 3.8) is 0 Å². The van der Waals surface area contributed by atoms with Crippen LogP contribution in [0.4, 0.5) is 0 Å². The second-order valence-electron chi connectivity index (χ2n) is 8.46. The van der Waals surface area contributed by atoms with Crippen LogP contribution in [-0.2, 0) is 4.74 Å². The van der Waals surface area contributed by atoms with Crippen LogP contribution in [0.15, 0.2) is 53.6 Å². The van der Waals surface area contributed by atoms with Crippen LogP contribution in [0, 0.1) is 0 Å². The summed E-state index contributed by atoms with van der Waals surface area (Å²) in [5.74, 6) is 1.83. The molecule has 0 bridgehead atoms. The molecule has 0 saturated carbocycles. The lowest BCUT2D eigenvalue weighted by atomic mass is 9.86. The van der Waals surface area contributed by atoms with E-state index < -0.39 is 5.72 Å². The molecule has 3 aliphatic heterocycles. The number of nitrogens with zero attached hydrogens (tertiary/aromatic N) is 2. The van der Waals surface area contributed by atoms with Crippen LogP contribution in [0.3, 0.4) is 0 Å². The van der Waals surface area contributed by atoms with E-state index in [1.165, 1.54) is 5.56 Å². The van der Waals surface area contributed by atoms with E-state index >= 15 is 0 Å². The van der Waals surface area contributed by atoms with E-state index in [4.69, 9.17) is 19.3 Å². The summed E-state index contributed by atoms with van der Waals surface area (Å²) in [5, 5.41) is 7.33. The van der Waals surface area contributed by atoms with Crippen molar-refractivity contribution in [2.24, 2.45) is 5.10 Å². The number of para-hydroxylation sites is 1. The van der Waals surface area contributed by atoms with Gasteiger partial charge < -0.3 is 14.2 Å². The Bertz CT molecular complexity index is 939. The molecular formula is C23H26N2O3. The van der Waals surface area contributed by atoms with E-state index in [1.807, 2.05) is 18.2 Å². The summed E-state index contributed by atoms with van der Waals surface area (Å²) in [7, 11) is 1.70. The van der Waals surface area contributed by atoms with Crippen LogP contribution in [0.25, 0.3) is 0 Å². The molecular weight excluding hydrogens is 352 g/mol. The Morgan fingerprint density at radius 1 is 1.14 bits per heavy atom. The number of methoxy groups -OCH3 is 1. The van der Waals surface area contributed by atoms with Gasteiger partial charge in [0, 0.05) is 30.4 Å². The van der Waals surface area contributed by atoms with Crippen LogP contribution in [0.5, 0.6) is 11.5 Å². The minimum atomic E-state index is -0.471. The van der Waals surface area contributed by atoms with Crippen molar-refractivity contribution >= 4 is 5.71 Å². The molecule has 5 heteroatoms. The summed E-state index contributed by atoms with van der Waals surface area (Å²) in [6.45, 7) is 4.94. The number of hydrazone groups is 1. The van der Waals surface area contributed by atoms with E-state index in [9.17, 15) is 0 Å². The highest BCUT2D eigenvalue weighted by molar-refractivity contribution is 6.02. The summed E-state index contributed by atoms with van der Waals surface area (Å²) in [6, 6.07) is 16.7. The largest absolute Gasteiger partial charge is 0.497 e. The highest BCUT2D eigenvalue weighted by Crippen LogP contribution is 2.51. The van der Waals surface area contributed by atoms with Gasteiger partial charge in [-0.2, -0.15) is 5.10 Å². The van der Waals surface area contributed by atoms with Crippen molar-refractivity contribution in [3.8, 4) is 11.5 Å². The minimum Gasteiger partial charge on any atom is -0.497 e. The summed E-state index contributed by atoms with van der Waals surface area (Å²) in [5.41, 5.74) is 2.67. The zero-order valence-corrected chi connectivity index (χ0v) is 16.6. The summed E-state index contributed by atoms with van der Waals surface area (Å²) in [4.78, 5) is 0. The molecule has 2 aromatic rings. The lowest BCUT2D eigenvalue weighted by Gasteiger charge is -2.52. The van der Waals surface area contributed by atoms with Crippen LogP contribution >= 0.6 is 0 Å². The Kier molecular flexibility index (Phi) is 3.91. The van der Waals surface area contributed by atoms with Crippen molar-refractivity contribution in [2.45, 2.75) is 50.5 Å². The molecule has 3 heterocycles. The Balaban J connectivity index is 1.60. The van der Waals surface area contributed by atoms with Gasteiger partial charge in [-0.15, -0.1) is 0 Å². The first-order chi connectivity index (χ1) is 13.5. The molecule has 0 aliphatic carbocycles. The molecule has 1 spiro atoms. The molecule has 28 heavy (non-hydrogen) atoms. The fraction of sp³-hybridized carbons (Fsp3) is 0.435. The predicted octanol–water partition coefficient (Wildman–Crippen LogP) is 4.52. The Morgan fingerprint density at radius 3 is 2.82 bits per heavy atom. The van der Waals surface area contributed by atoms with Crippen LogP contribution in [0.2, 0.25) is 0 Å². The normalized spacial score (nSPS) is 27.6. The minimum absolute atomic E-state index is 0.181. The Morgan fingerprint density at radius 2 is 2.00 bits per heavy atom. The van der Waals surface area contributed by atoms with Gasteiger partial charge >= 0.3 is 0 Å². The average molecular weight is 378 g/mol. The van der Waals surface area contributed by atoms with E-state index in [2.05, 4.69) is 49.2 Å².